The lowest BCUT2D eigenvalue weighted by atomic mass is 9.56. The van der Waals surface area contributed by atoms with Crippen LogP contribution in [0.4, 0.5) is 0 Å². The van der Waals surface area contributed by atoms with Gasteiger partial charge in [-0.25, -0.2) is 0 Å². The maximum absolute atomic E-state index is 4.55. The smallest absolute Gasteiger partial charge is 0.0146 e. The van der Waals surface area contributed by atoms with Gasteiger partial charge in [-0.05, 0) is 87.4 Å². The summed E-state index contributed by atoms with van der Waals surface area (Å²) in [6, 6.07) is 0. The van der Waals surface area contributed by atoms with Gasteiger partial charge >= 0.3 is 0 Å². The van der Waals surface area contributed by atoms with Crippen molar-refractivity contribution in [3.05, 3.63) is 23.3 Å². The zero-order valence-corrected chi connectivity index (χ0v) is 14.7. The van der Waals surface area contributed by atoms with Crippen LogP contribution in [0, 0.1) is 29.1 Å². The van der Waals surface area contributed by atoms with Gasteiger partial charge in [0, 0.05) is 0 Å². The first kappa shape index (κ1) is 15.4. The first-order valence-electron chi connectivity index (χ1n) is 9.29. The Morgan fingerprint density at radius 2 is 1.86 bits per heavy atom. The van der Waals surface area contributed by atoms with Gasteiger partial charge in [0.25, 0.3) is 0 Å². The molecule has 1 unspecified atom stereocenters. The van der Waals surface area contributed by atoms with Crippen molar-refractivity contribution in [1.29, 1.82) is 0 Å². The quantitative estimate of drug-likeness (QED) is 0.444. The molecule has 3 aliphatic carbocycles. The lowest BCUT2D eigenvalue weighted by Crippen LogP contribution is -2.39. The minimum atomic E-state index is 0.526. The summed E-state index contributed by atoms with van der Waals surface area (Å²) in [5.41, 5.74) is 5.68. The minimum absolute atomic E-state index is 0.526. The van der Waals surface area contributed by atoms with E-state index in [4.69, 9.17) is 0 Å². The molecule has 2 fully saturated rings. The second-order valence-electron chi connectivity index (χ2n) is 8.70. The maximum atomic E-state index is 4.55. The van der Waals surface area contributed by atoms with Gasteiger partial charge in [0.1, 0.15) is 0 Å². The molecule has 21 heavy (non-hydrogen) atoms. The highest BCUT2D eigenvalue weighted by Gasteiger charge is 2.44. The van der Waals surface area contributed by atoms with Crippen molar-refractivity contribution in [3.8, 4) is 0 Å². The van der Waals surface area contributed by atoms with E-state index in [1.807, 2.05) is 5.57 Å². The number of allylic oxidation sites excluding steroid dienone is 3. The molecule has 0 amide bonds. The second-order valence-corrected chi connectivity index (χ2v) is 8.70. The summed E-state index contributed by atoms with van der Waals surface area (Å²) >= 11 is 0. The summed E-state index contributed by atoms with van der Waals surface area (Å²) in [5.74, 6) is 3.26. The first-order chi connectivity index (χ1) is 9.92. The molecule has 118 valence electrons. The summed E-state index contributed by atoms with van der Waals surface area (Å²) in [5, 5.41) is 0. The van der Waals surface area contributed by atoms with Crippen LogP contribution in [0.1, 0.15) is 79.1 Å². The molecule has 0 heterocycles. The Morgan fingerprint density at radius 3 is 2.62 bits per heavy atom. The fourth-order valence-electron chi connectivity index (χ4n) is 5.63. The number of hydrogen-bond acceptors (Lipinski definition) is 0. The number of fused-ring (bicyclic) bond motifs is 3. The van der Waals surface area contributed by atoms with E-state index < -0.39 is 0 Å². The molecule has 0 aliphatic heterocycles. The first-order valence-corrected chi connectivity index (χ1v) is 9.29. The topological polar surface area (TPSA) is 0 Å². The van der Waals surface area contributed by atoms with E-state index in [0.29, 0.717) is 5.41 Å². The third-order valence-electron chi connectivity index (χ3n) is 7.51. The molecule has 3 rings (SSSR count). The Hall–Kier alpha value is -0.520. The molecule has 0 saturated heterocycles. The van der Waals surface area contributed by atoms with Gasteiger partial charge in [-0.1, -0.05) is 44.1 Å². The van der Waals surface area contributed by atoms with Gasteiger partial charge in [0.05, 0.1) is 0 Å². The van der Waals surface area contributed by atoms with E-state index in [0.717, 1.165) is 23.7 Å². The molecular formula is C21H34. The minimum Gasteiger partial charge on any atom is -0.0993 e. The molecule has 2 saturated carbocycles. The molecule has 2 bridgehead atoms. The van der Waals surface area contributed by atoms with Gasteiger partial charge in [-0.3, -0.25) is 0 Å². The average molecular weight is 287 g/mol. The second kappa shape index (κ2) is 5.60. The van der Waals surface area contributed by atoms with E-state index in [-0.39, 0.29) is 0 Å². The molecule has 0 N–H and O–H groups in total. The Labute approximate surface area is 132 Å². The summed E-state index contributed by atoms with van der Waals surface area (Å²) in [7, 11) is 0. The van der Waals surface area contributed by atoms with Gasteiger partial charge < -0.3 is 0 Å². The molecule has 0 aromatic heterocycles. The summed E-state index contributed by atoms with van der Waals surface area (Å²) in [6.07, 6.45) is 11.2. The van der Waals surface area contributed by atoms with Crippen LogP contribution in [0.3, 0.4) is 0 Å². The van der Waals surface area contributed by atoms with Crippen molar-refractivity contribution in [2.45, 2.75) is 79.1 Å². The van der Waals surface area contributed by atoms with Crippen molar-refractivity contribution in [2.24, 2.45) is 29.1 Å². The van der Waals surface area contributed by atoms with Gasteiger partial charge in [-0.2, -0.15) is 0 Å². The molecule has 0 radical (unpaired) electrons. The van der Waals surface area contributed by atoms with Crippen LogP contribution in [-0.2, 0) is 0 Å². The lowest BCUT2D eigenvalue weighted by molar-refractivity contribution is 0.0867. The monoisotopic (exact) mass is 286 g/mol. The highest BCUT2D eigenvalue weighted by Crippen LogP contribution is 2.55. The van der Waals surface area contributed by atoms with Crippen LogP contribution < -0.4 is 0 Å². The van der Waals surface area contributed by atoms with E-state index in [2.05, 4.69) is 34.3 Å². The highest BCUT2D eigenvalue weighted by molar-refractivity contribution is 5.22. The normalized spacial score (nSPS) is 44.7. The van der Waals surface area contributed by atoms with Gasteiger partial charge in [0.2, 0.25) is 0 Å². The Bertz CT molecular complexity index is 455. The van der Waals surface area contributed by atoms with Crippen LogP contribution in [0.5, 0.6) is 0 Å². The van der Waals surface area contributed by atoms with Crippen LogP contribution in [0.2, 0.25) is 0 Å². The third kappa shape index (κ3) is 2.64. The highest BCUT2D eigenvalue weighted by atomic mass is 14.5. The van der Waals surface area contributed by atoms with Crippen molar-refractivity contribution in [3.63, 3.8) is 0 Å². The molecule has 0 heteroatoms. The van der Waals surface area contributed by atoms with Gasteiger partial charge in [0.15, 0.2) is 0 Å². The van der Waals surface area contributed by atoms with Crippen molar-refractivity contribution in [2.75, 3.05) is 0 Å². The lowest BCUT2D eigenvalue weighted by Gasteiger charge is -2.49. The third-order valence-corrected chi connectivity index (χ3v) is 7.51. The van der Waals surface area contributed by atoms with E-state index in [1.54, 1.807) is 11.1 Å². The van der Waals surface area contributed by atoms with Crippen LogP contribution in [0.25, 0.3) is 0 Å². The average Bonchev–Trinajstić information content (AvgIpc) is 2.58. The Balaban J connectivity index is 1.95. The maximum Gasteiger partial charge on any atom is -0.0146 e. The van der Waals surface area contributed by atoms with Crippen LogP contribution >= 0.6 is 0 Å². The molecule has 0 aromatic carbocycles. The molecule has 0 aromatic rings. The standard InChI is InChI=1S/C21H34/c1-14-9-11-21(5)12-10-19-15(2)7-6-8-18(17(19)4)13-20(21)16(14)3/h14,17-18,20H,3,6-13H2,1-2,4-5H3/t14?,17-,18+,20-,21+/m1/s1. The molecule has 3 aliphatic rings. The zero-order valence-electron chi connectivity index (χ0n) is 14.7. The summed E-state index contributed by atoms with van der Waals surface area (Å²) in [4.78, 5) is 0. The van der Waals surface area contributed by atoms with Crippen molar-refractivity contribution in [1.82, 2.24) is 0 Å². The van der Waals surface area contributed by atoms with Crippen molar-refractivity contribution < 1.29 is 0 Å². The largest absolute Gasteiger partial charge is 0.0993 e. The van der Waals surface area contributed by atoms with E-state index in [9.17, 15) is 0 Å². The Morgan fingerprint density at radius 1 is 1.10 bits per heavy atom. The molecule has 5 atom stereocenters. The van der Waals surface area contributed by atoms with Crippen LogP contribution in [-0.4, -0.2) is 0 Å². The fraction of sp³-hybridized carbons (Fsp3) is 0.810. The molecule has 0 nitrogen and oxygen atoms in total. The number of rotatable bonds is 0. The summed E-state index contributed by atoms with van der Waals surface area (Å²) in [6.45, 7) is 14.5. The molecule has 0 spiro atoms. The SMILES string of the molecule is C=C1C(C)CC[C@@]2(C)CCC3=C(C)CCC[C@@H](C[C@H]12)[C@H]3C. The molecular weight excluding hydrogens is 252 g/mol. The van der Waals surface area contributed by atoms with Gasteiger partial charge in [-0.15, -0.1) is 0 Å². The fourth-order valence-corrected chi connectivity index (χ4v) is 5.63. The number of hydrogen-bond donors (Lipinski definition) is 0. The predicted octanol–water partition coefficient (Wildman–Crippen LogP) is 6.53. The van der Waals surface area contributed by atoms with E-state index in [1.165, 1.54) is 51.4 Å². The van der Waals surface area contributed by atoms with Crippen LogP contribution in [0.15, 0.2) is 23.3 Å². The summed E-state index contributed by atoms with van der Waals surface area (Å²) < 4.78 is 0. The Kier molecular flexibility index (Phi) is 4.10. The van der Waals surface area contributed by atoms with E-state index >= 15 is 0 Å². The zero-order chi connectivity index (χ0) is 15.2. The van der Waals surface area contributed by atoms with Crippen molar-refractivity contribution >= 4 is 0 Å². The predicted molar refractivity (Wildman–Crippen MR) is 92.2 cm³/mol.